The van der Waals surface area contributed by atoms with Crippen molar-refractivity contribution in [2.24, 2.45) is 0 Å². The number of fused-ring (bicyclic) bond motifs is 4. The van der Waals surface area contributed by atoms with E-state index in [-0.39, 0.29) is 37.5 Å². The molecule has 0 amide bonds. The molecule has 1 radical (unpaired) electrons. The van der Waals surface area contributed by atoms with E-state index in [0.717, 1.165) is 45.5 Å². The van der Waals surface area contributed by atoms with Gasteiger partial charge in [-0.05, 0) is 58.1 Å². The van der Waals surface area contributed by atoms with Gasteiger partial charge < -0.3 is 14.0 Å². The summed E-state index contributed by atoms with van der Waals surface area (Å²) in [5.41, 5.74) is 7.78. The molecule has 3 aromatic heterocycles. The number of aromatic nitrogens is 3. The number of benzene rings is 5. The smallest absolute Gasteiger partial charge is 0.416 e. The average molecular weight is 930 g/mol. The van der Waals surface area contributed by atoms with Crippen LogP contribution in [0.3, 0.4) is 0 Å². The van der Waals surface area contributed by atoms with E-state index in [1.807, 2.05) is 60.8 Å². The summed E-state index contributed by atoms with van der Waals surface area (Å²) >= 11 is 0. The Morgan fingerprint density at radius 2 is 1.45 bits per heavy atom. The number of halogens is 3. The van der Waals surface area contributed by atoms with Crippen molar-refractivity contribution in [3.8, 4) is 28.3 Å². The molecule has 0 bridgehead atoms. The Bertz CT molecular complexity index is 2560. The molecule has 3 heterocycles. The van der Waals surface area contributed by atoms with Crippen LogP contribution in [0.15, 0.2) is 120 Å². The molecule has 0 saturated carbocycles. The number of rotatable bonds is 6. The Hall–Kier alpha value is -4.82. The van der Waals surface area contributed by atoms with E-state index in [1.165, 1.54) is 22.4 Å². The molecule has 0 spiro atoms. The van der Waals surface area contributed by atoms with Gasteiger partial charge in [0.2, 0.25) is 0 Å². The molecule has 0 aliphatic carbocycles. The van der Waals surface area contributed by atoms with Gasteiger partial charge in [0.1, 0.15) is 5.58 Å². The van der Waals surface area contributed by atoms with Crippen LogP contribution in [0.1, 0.15) is 56.2 Å². The van der Waals surface area contributed by atoms with Crippen LogP contribution in [0.4, 0.5) is 13.2 Å². The van der Waals surface area contributed by atoms with Crippen LogP contribution >= 0.6 is 0 Å². The van der Waals surface area contributed by atoms with Crippen molar-refractivity contribution in [3.05, 3.63) is 144 Å². The van der Waals surface area contributed by atoms with E-state index in [9.17, 15) is 13.2 Å². The molecular formula is C46H42F3IrN3OSi-2. The molecule has 55 heavy (non-hydrogen) atoms. The first-order valence-corrected chi connectivity index (χ1v) is 21.7. The van der Waals surface area contributed by atoms with E-state index in [4.69, 9.17) is 9.40 Å². The first-order chi connectivity index (χ1) is 25.7. The predicted molar refractivity (Wildman–Crippen MR) is 217 cm³/mol. The normalized spacial score (nSPS) is 12.0. The number of hydrogen-bond donors (Lipinski definition) is 0. The third kappa shape index (κ3) is 7.97. The van der Waals surface area contributed by atoms with Crippen LogP contribution < -0.4 is 5.19 Å². The summed E-state index contributed by atoms with van der Waals surface area (Å²) in [6.45, 7) is 15.7. The fourth-order valence-corrected chi connectivity index (χ4v) is 7.86. The fraction of sp³-hybridized carbons (Fsp3) is 0.217. The number of pyridine rings is 1. The number of hydrogen-bond acceptors (Lipinski definition) is 3. The Morgan fingerprint density at radius 3 is 2.07 bits per heavy atom. The maximum Gasteiger partial charge on any atom is 0.416 e. The molecule has 283 valence electrons. The number of para-hydroxylation sites is 3. The molecule has 0 atom stereocenters. The maximum absolute atomic E-state index is 13.4. The molecule has 0 aliphatic rings. The largest absolute Gasteiger partial charge is 0.501 e. The molecule has 8 aromatic rings. The number of alkyl halides is 3. The Kier molecular flexibility index (Phi) is 11.4. The SMILES string of the molecule is CC(C)c1cccc(C(C)C)c1-n1c(-c2[c-]ccc3c2oc2cc(C(F)(F)F)ccc23)nc2ccccc21.C[Si](C)(C)c1ccc(-c2[c-]cccc2)nc1.[Ir]. The minimum absolute atomic E-state index is 0. The van der Waals surface area contributed by atoms with E-state index >= 15 is 0 Å². The molecule has 4 nitrogen and oxygen atoms in total. The van der Waals surface area contributed by atoms with Crippen LogP contribution in [-0.2, 0) is 26.3 Å². The summed E-state index contributed by atoms with van der Waals surface area (Å²) < 4.78 is 48.6. The van der Waals surface area contributed by atoms with Crippen LogP contribution in [0.2, 0.25) is 19.6 Å². The van der Waals surface area contributed by atoms with Gasteiger partial charge in [0.15, 0.2) is 0 Å². The van der Waals surface area contributed by atoms with Gasteiger partial charge in [-0.15, -0.1) is 54.1 Å². The molecule has 0 unspecified atom stereocenters. The van der Waals surface area contributed by atoms with Crippen molar-refractivity contribution in [2.45, 2.75) is 65.3 Å². The monoisotopic (exact) mass is 930 g/mol. The number of furan rings is 1. The average Bonchev–Trinajstić information content (AvgIpc) is 3.73. The third-order valence-electron chi connectivity index (χ3n) is 9.73. The summed E-state index contributed by atoms with van der Waals surface area (Å²) in [4.78, 5) is 9.55. The number of imidazole rings is 1. The quantitative estimate of drug-likeness (QED) is 0.123. The van der Waals surface area contributed by atoms with E-state index < -0.39 is 19.8 Å². The van der Waals surface area contributed by atoms with E-state index in [2.05, 4.69) is 99.4 Å². The van der Waals surface area contributed by atoms with E-state index in [1.54, 1.807) is 6.07 Å². The van der Waals surface area contributed by atoms with Crippen molar-refractivity contribution < 1.29 is 37.7 Å². The summed E-state index contributed by atoms with van der Waals surface area (Å²) in [6, 6.07) is 40.3. The Morgan fingerprint density at radius 1 is 0.745 bits per heavy atom. The molecular weight excluding hydrogens is 888 g/mol. The van der Waals surface area contributed by atoms with Crippen LogP contribution in [0.25, 0.3) is 61.3 Å². The first kappa shape index (κ1) is 39.9. The van der Waals surface area contributed by atoms with Gasteiger partial charge in [-0.3, -0.25) is 4.98 Å². The van der Waals surface area contributed by atoms with Gasteiger partial charge >= 0.3 is 6.18 Å². The van der Waals surface area contributed by atoms with Gasteiger partial charge in [-0.1, -0.05) is 107 Å². The second kappa shape index (κ2) is 15.7. The zero-order chi connectivity index (χ0) is 38.4. The maximum atomic E-state index is 13.4. The summed E-state index contributed by atoms with van der Waals surface area (Å²) in [6.07, 6.45) is -2.44. The molecule has 9 heteroatoms. The topological polar surface area (TPSA) is 43.9 Å². The summed E-state index contributed by atoms with van der Waals surface area (Å²) in [5.74, 6) is 1.15. The van der Waals surface area contributed by atoms with Crippen molar-refractivity contribution in [1.82, 2.24) is 14.5 Å². The summed E-state index contributed by atoms with van der Waals surface area (Å²) in [5, 5.41) is 2.74. The van der Waals surface area contributed by atoms with Crippen LogP contribution in [-0.4, -0.2) is 22.6 Å². The molecule has 0 N–H and O–H groups in total. The van der Waals surface area contributed by atoms with Gasteiger partial charge in [-0.25, -0.2) is 0 Å². The Labute approximate surface area is 334 Å². The van der Waals surface area contributed by atoms with Crippen molar-refractivity contribution >= 4 is 46.2 Å². The van der Waals surface area contributed by atoms with Gasteiger partial charge in [0.25, 0.3) is 0 Å². The minimum atomic E-state index is -4.45. The first-order valence-electron chi connectivity index (χ1n) is 18.2. The molecule has 0 saturated heterocycles. The zero-order valence-electron chi connectivity index (χ0n) is 31.8. The van der Waals surface area contributed by atoms with Crippen molar-refractivity contribution in [3.63, 3.8) is 0 Å². The molecule has 0 aliphatic heterocycles. The minimum Gasteiger partial charge on any atom is -0.501 e. The van der Waals surface area contributed by atoms with Crippen LogP contribution in [0.5, 0.6) is 0 Å². The predicted octanol–water partition coefficient (Wildman–Crippen LogP) is 12.7. The number of nitrogens with zero attached hydrogens (tertiary/aromatic N) is 3. The zero-order valence-corrected chi connectivity index (χ0v) is 35.2. The van der Waals surface area contributed by atoms with Crippen LogP contribution in [0, 0.1) is 12.1 Å². The molecule has 5 aromatic carbocycles. The standard InChI is InChI=1S/C32H26F3N2O.C14H16NSi.Ir/c1-18(2)21-9-7-10-22(19(3)4)29(21)37-27-14-6-5-13-26(27)36-31(37)25-12-8-11-24-23-16-15-20(32(33,34)35)17-28(23)38-30(24)25;1-16(2,3)13-9-10-14(15-11-13)12-7-5-4-6-8-12;/h5-11,13-19H,1-4H3;4-7,9-11H,1-3H3;/q2*-1;. The Balaban J connectivity index is 0.000000254. The fourth-order valence-electron chi connectivity index (χ4n) is 6.82. The van der Waals surface area contributed by atoms with Gasteiger partial charge in [-0.2, -0.15) is 13.2 Å². The van der Waals surface area contributed by atoms with E-state index in [0.29, 0.717) is 22.4 Å². The second-order valence-electron chi connectivity index (χ2n) is 15.2. The third-order valence-corrected chi connectivity index (χ3v) is 11.8. The molecule has 0 fully saturated rings. The second-order valence-corrected chi connectivity index (χ2v) is 20.3. The van der Waals surface area contributed by atoms with Gasteiger partial charge in [0.05, 0.1) is 36.1 Å². The van der Waals surface area contributed by atoms with Gasteiger partial charge in [0, 0.05) is 37.4 Å². The van der Waals surface area contributed by atoms with Crippen molar-refractivity contribution in [2.75, 3.05) is 0 Å². The summed E-state index contributed by atoms with van der Waals surface area (Å²) in [7, 11) is -1.23. The molecule has 8 rings (SSSR count). The van der Waals surface area contributed by atoms with Crippen molar-refractivity contribution in [1.29, 1.82) is 0 Å².